The van der Waals surface area contributed by atoms with E-state index in [0.717, 1.165) is 11.4 Å². The van der Waals surface area contributed by atoms with E-state index in [1.165, 1.54) is 20.2 Å². The highest BCUT2D eigenvalue weighted by atomic mass is 35.5. The minimum Gasteiger partial charge on any atom is -0.257 e. The molecule has 0 aliphatic rings. The Balaban J connectivity index is 0.000000963. The van der Waals surface area contributed by atoms with Gasteiger partial charge in [0.05, 0.1) is 10.4 Å². The van der Waals surface area contributed by atoms with Crippen LogP contribution in [-0.4, -0.2) is 4.98 Å². The Bertz CT molecular complexity index is 657. The predicted molar refractivity (Wildman–Crippen MR) is 73.8 cm³/mol. The number of benzene rings is 1. The number of fused-ring (bicyclic) bond motifs is 3. The largest absolute Gasteiger partial charge is 0.257 e. The molecule has 0 aliphatic heterocycles. The molecule has 0 N–H and O–H groups in total. The fraction of sp³-hybridized carbons (Fsp3) is 0.154. The lowest BCUT2D eigenvalue weighted by atomic mass is 10.1. The van der Waals surface area contributed by atoms with Crippen LogP contribution in [-0.2, 0) is 0 Å². The number of thiophene rings is 1. The summed E-state index contributed by atoms with van der Waals surface area (Å²) in [7, 11) is 0. The van der Waals surface area contributed by atoms with Gasteiger partial charge in [0.15, 0.2) is 0 Å². The zero-order valence-corrected chi connectivity index (χ0v) is 10.8. The number of pyridine rings is 1. The summed E-state index contributed by atoms with van der Waals surface area (Å²) < 4.78 is 2.67. The first-order valence-corrected chi connectivity index (χ1v) is 5.83. The fourth-order valence-electron chi connectivity index (χ4n) is 2.03. The normalized spacial score (nSPS) is 10.6. The van der Waals surface area contributed by atoms with Crippen molar-refractivity contribution in [2.24, 2.45) is 0 Å². The number of rotatable bonds is 0. The van der Waals surface area contributed by atoms with E-state index in [4.69, 9.17) is 0 Å². The lowest BCUT2D eigenvalue weighted by Gasteiger charge is -1.97. The van der Waals surface area contributed by atoms with Crippen LogP contribution in [0.4, 0.5) is 0 Å². The molecule has 0 radical (unpaired) electrons. The zero-order chi connectivity index (χ0) is 10.4. The zero-order valence-electron chi connectivity index (χ0n) is 9.15. The van der Waals surface area contributed by atoms with Crippen LogP contribution < -0.4 is 0 Å². The van der Waals surface area contributed by atoms with Crippen LogP contribution in [0.2, 0.25) is 0 Å². The molecule has 1 aromatic carbocycles. The molecule has 0 aliphatic carbocycles. The van der Waals surface area contributed by atoms with E-state index >= 15 is 0 Å². The Morgan fingerprint density at radius 3 is 2.62 bits per heavy atom. The smallest absolute Gasteiger partial charge is 0.0568 e. The third-order valence-electron chi connectivity index (χ3n) is 2.66. The summed E-state index contributed by atoms with van der Waals surface area (Å²) in [6.07, 6.45) is 0. The fourth-order valence-corrected chi connectivity index (χ4v) is 3.16. The third-order valence-corrected chi connectivity index (χ3v) is 3.96. The van der Waals surface area contributed by atoms with Crippen molar-refractivity contribution < 1.29 is 0 Å². The molecule has 3 rings (SSSR count). The van der Waals surface area contributed by atoms with Gasteiger partial charge in [-0.2, -0.15) is 0 Å². The van der Waals surface area contributed by atoms with Gasteiger partial charge in [-0.3, -0.25) is 4.98 Å². The Morgan fingerprint density at radius 1 is 1.06 bits per heavy atom. The van der Waals surface area contributed by atoms with E-state index in [2.05, 4.69) is 49.2 Å². The van der Waals surface area contributed by atoms with Gasteiger partial charge in [0.1, 0.15) is 0 Å². The van der Waals surface area contributed by atoms with Crippen LogP contribution in [0.3, 0.4) is 0 Å². The van der Waals surface area contributed by atoms with Crippen molar-refractivity contribution in [2.75, 3.05) is 0 Å². The van der Waals surface area contributed by atoms with Crippen LogP contribution >= 0.6 is 23.7 Å². The van der Waals surface area contributed by atoms with Crippen LogP contribution in [0.5, 0.6) is 0 Å². The number of aromatic nitrogens is 1. The van der Waals surface area contributed by atoms with Crippen molar-refractivity contribution in [2.45, 2.75) is 13.8 Å². The van der Waals surface area contributed by atoms with Crippen LogP contribution in [0, 0.1) is 13.8 Å². The van der Waals surface area contributed by atoms with Crippen LogP contribution in [0.15, 0.2) is 30.3 Å². The molecule has 0 bridgehead atoms. The molecule has 2 aromatic heterocycles. The van der Waals surface area contributed by atoms with Gasteiger partial charge in [-0.05, 0) is 26.0 Å². The van der Waals surface area contributed by atoms with Crippen LogP contribution in [0.25, 0.3) is 20.2 Å². The molecule has 2 heterocycles. The SMILES string of the molecule is Cc1cc2c(sc3ccccc32)c(C)n1.Cl. The van der Waals surface area contributed by atoms with E-state index in [1.807, 2.05) is 11.3 Å². The third kappa shape index (κ3) is 1.58. The van der Waals surface area contributed by atoms with Crippen molar-refractivity contribution in [3.8, 4) is 0 Å². The standard InChI is InChI=1S/C13H11NS.ClH/c1-8-7-11-10-5-3-4-6-12(10)15-13(11)9(2)14-8;/h3-7H,1-2H3;1H. The second-order valence-corrected chi connectivity index (χ2v) is 4.88. The van der Waals surface area contributed by atoms with E-state index in [-0.39, 0.29) is 12.4 Å². The van der Waals surface area contributed by atoms with Gasteiger partial charge in [0.25, 0.3) is 0 Å². The maximum absolute atomic E-state index is 4.51. The lowest BCUT2D eigenvalue weighted by Crippen LogP contribution is -1.84. The molecule has 0 spiro atoms. The molecule has 3 heteroatoms. The second-order valence-electron chi connectivity index (χ2n) is 3.82. The van der Waals surface area contributed by atoms with Gasteiger partial charge in [-0.15, -0.1) is 23.7 Å². The Morgan fingerprint density at radius 2 is 1.81 bits per heavy atom. The molecule has 0 fully saturated rings. The highest BCUT2D eigenvalue weighted by molar-refractivity contribution is 7.26. The Kier molecular flexibility index (Phi) is 2.87. The summed E-state index contributed by atoms with van der Waals surface area (Å²) in [6, 6.07) is 10.7. The number of hydrogen-bond donors (Lipinski definition) is 0. The quantitative estimate of drug-likeness (QED) is 0.572. The molecule has 82 valence electrons. The van der Waals surface area contributed by atoms with Gasteiger partial charge in [0, 0.05) is 21.2 Å². The number of halogens is 1. The summed E-state index contributed by atoms with van der Waals surface area (Å²) in [5.74, 6) is 0. The Hall–Kier alpha value is -1.12. The van der Waals surface area contributed by atoms with E-state index in [9.17, 15) is 0 Å². The average Bonchev–Trinajstić information content (AvgIpc) is 2.57. The highest BCUT2D eigenvalue weighted by Gasteiger charge is 2.07. The van der Waals surface area contributed by atoms with Crippen molar-refractivity contribution in [3.05, 3.63) is 41.7 Å². The molecule has 16 heavy (non-hydrogen) atoms. The maximum atomic E-state index is 4.51. The van der Waals surface area contributed by atoms with Crippen molar-refractivity contribution in [3.63, 3.8) is 0 Å². The minimum absolute atomic E-state index is 0. The molecule has 1 nitrogen and oxygen atoms in total. The van der Waals surface area contributed by atoms with Gasteiger partial charge in [-0.1, -0.05) is 18.2 Å². The summed E-state index contributed by atoms with van der Waals surface area (Å²) in [4.78, 5) is 4.51. The summed E-state index contributed by atoms with van der Waals surface area (Å²) >= 11 is 1.83. The molecule has 0 unspecified atom stereocenters. The minimum atomic E-state index is 0. The van der Waals surface area contributed by atoms with Gasteiger partial charge < -0.3 is 0 Å². The first-order chi connectivity index (χ1) is 7.25. The van der Waals surface area contributed by atoms with Crippen molar-refractivity contribution >= 4 is 43.9 Å². The number of hydrogen-bond acceptors (Lipinski definition) is 2. The molecule has 0 saturated heterocycles. The molecule has 3 aromatic rings. The van der Waals surface area contributed by atoms with Gasteiger partial charge in [0.2, 0.25) is 0 Å². The second kappa shape index (κ2) is 4.04. The van der Waals surface area contributed by atoms with E-state index in [1.54, 1.807) is 0 Å². The predicted octanol–water partition coefficient (Wildman–Crippen LogP) is 4.49. The lowest BCUT2D eigenvalue weighted by molar-refractivity contribution is 1.16. The topological polar surface area (TPSA) is 12.9 Å². The van der Waals surface area contributed by atoms with Crippen molar-refractivity contribution in [1.29, 1.82) is 0 Å². The van der Waals surface area contributed by atoms with Crippen molar-refractivity contribution in [1.82, 2.24) is 4.98 Å². The molecule has 0 saturated carbocycles. The molecule has 0 atom stereocenters. The van der Waals surface area contributed by atoms with Gasteiger partial charge >= 0.3 is 0 Å². The van der Waals surface area contributed by atoms with Crippen LogP contribution in [0.1, 0.15) is 11.4 Å². The van der Waals surface area contributed by atoms with Gasteiger partial charge in [-0.25, -0.2) is 0 Å². The maximum Gasteiger partial charge on any atom is 0.0568 e. The first-order valence-electron chi connectivity index (χ1n) is 5.01. The molecule has 0 amide bonds. The number of aryl methyl sites for hydroxylation is 2. The average molecular weight is 250 g/mol. The summed E-state index contributed by atoms with van der Waals surface area (Å²) in [6.45, 7) is 4.14. The summed E-state index contributed by atoms with van der Waals surface area (Å²) in [5.41, 5.74) is 2.25. The first kappa shape index (κ1) is 11.4. The monoisotopic (exact) mass is 249 g/mol. The highest BCUT2D eigenvalue weighted by Crippen LogP contribution is 2.35. The molecular formula is C13H12ClNS. The molecular weight excluding hydrogens is 238 g/mol. The van der Waals surface area contributed by atoms with E-state index < -0.39 is 0 Å². The van der Waals surface area contributed by atoms with E-state index in [0.29, 0.717) is 0 Å². The Labute approximate surface area is 105 Å². The summed E-state index contributed by atoms with van der Waals surface area (Å²) in [5, 5.41) is 2.70. The number of nitrogens with zero attached hydrogens (tertiary/aromatic N) is 1.